The van der Waals surface area contributed by atoms with Crippen LogP contribution in [0.2, 0.25) is 0 Å². The number of allylic oxidation sites excluding steroid dienone is 1. The van der Waals surface area contributed by atoms with Crippen LogP contribution in [0.5, 0.6) is 0 Å². The van der Waals surface area contributed by atoms with Gasteiger partial charge in [-0.05, 0) is 24.6 Å². The molecule has 1 N–H and O–H groups in total. The molecule has 86 valence electrons. The molecule has 0 aromatic heterocycles. The van der Waals surface area contributed by atoms with Crippen molar-refractivity contribution in [3.63, 3.8) is 0 Å². The summed E-state index contributed by atoms with van der Waals surface area (Å²) in [7, 11) is 0. The maximum absolute atomic E-state index is 11.4. The van der Waals surface area contributed by atoms with Gasteiger partial charge in [-0.25, -0.2) is 4.99 Å². The van der Waals surface area contributed by atoms with E-state index in [1.54, 1.807) is 0 Å². The minimum Gasteiger partial charge on any atom is -0.310 e. The highest BCUT2D eigenvalue weighted by Gasteiger charge is 2.14. The van der Waals surface area contributed by atoms with E-state index >= 15 is 0 Å². The Morgan fingerprint density at radius 2 is 2.06 bits per heavy atom. The Hall–Kier alpha value is -2.23. The number of hydrogen-bond acceptors (Lipinski definition) is 3. The molecule has 0 aliphatic carbocycles. The first-order valence-corrected chi connectivity index (χ1v) is 5.30. The van der Waals surface area contributed by atoms with E-state index in [9.17, 15) is 9.59 Å². The molecule has 1 aromatic rings. The molecule has 2 rings (SSSR count). The van der Waals surface area contributed by atoms with Crippen molar-refractivity contribution in [1.29, 1.82) is 0 Å². The number of amidine groups is 1. The van der Waals surface area contributed by atoms with Crippen LogP contribution in [0.4, 0.5) is 5.69 Å². The van der Waals surface area contributed by atoms with E-state index in [2.05, 4.69) is 10.3 Å². The van der Waals surface area contributed by atoms with Gasteiger partial charge in [0.05, 0.1) is 5.69 Å². The van der Waals surface area contributed by atoms with Gasteiger partial charge in [0, 0.05) is 12.5 Å². The van der Waals surface area contributed by atoms with Crippen molar-refractivity contribution in [1.82, 2.24) is 5.32 Å². The van der Waals surface area contributed by atoms with Crippen LogP contribution in [-0.4, -0.2) is 17.5 Å². The highest BCUT2D eigenvalue weighted by molar-refractivity contribution is 6.08. The lowest BCUT2D eigenvalue weighted by molar-refractivity contribution is -0.116. The first kappa shape index (κ1) is 11.3. The molecule has 1 aliphatic heterocycles. The van der Waals surface area contributed by atoms with E-state index in [0.717, 1.165) is 11.3 Å². The Bertz CT molecular complexity index is 530. The van der Waals surface area contributed by atoms with Gasteiger partial charge in [0.15, 0.2) is 5.78 Å². The van der Waals surface area contributed by atoms with Gasteiger partial charge < -0.3 is 5.32 Å². The predicted molar refractivity (Wildman–Crippen MR) is 65.2 cm³/mol. The summed E-state index contributed by atoms with van der Waals surface area (Å²) in [4.78, 5) is 26.4. The molecule has 17 heavy (non-hydrogen) atoms. The van der Waals surface area contributed by atoms with Crippen LogP contribution in [0.25, 0.3) is 0 Å². The Kier molecular flexibility index (Phi) is 3.14. The zero-order valence-corrected chi connectivity index (χ0v) is 9.43. The van der Waals surface area contributed by atoms with Gasteiger partial charge in [-0.15, -0.1) is 0 Å². The lowest BCUT2D eigenvalue weighted by Gasteiger charge is -1.99. The van der Waals surface area contributed by atoms with Gasteiger partial charge in [-0.3, -0.25) is 9.59 Å². The lowest BCUT2D eigenvalue weighted by Crippen LogP contribution is -2.28. The molecule has 1 aliphatic rings. The highest BCUT2D eigenvalue weighted by Crippen LogP contribution is 2.24. The van der Waals surface area contributed by atoms with E-state index in [1.165, 1.54) is 19.1 Å². The Balaban J connectivity index is 2.00. The fraction of sp³-hybridized carbons (Fsp3) is 0.154. The maximum atomic E-state index is 11.4. The Labute approximate surface area is 99.1 Å². The topological polar surface area (TPSA) is 58.5 Å². The van der Waals surface area contributed by atoms with Gasteiger partial charge in [0.2, 0.25) is 5.91 Å². The van der Waals surface area contributed by atoms with Crippen LogP contribution in [0, 0.1) is 0 Å². The van der Waals surface area contributed by atoms with E-state index in [4.69, 9.17) is 0 Å². The van der Waals surface area contributed by atoms with Crippen molar-refractivity contribution in [2.24, 2.45) is 4.99 Å². The van der Waals surface area contributed by atoms with E-state index in [-0.39, 0.29) is 11.7 Å². The minimum atomic E-state index is -0.327. The number of carbonyl (C=O) groups is 2. The van der Waals surface area contributed by atoms with Crippen molar-refractivity contribution >= 4 is 23.2 Å². The summed E-state index contributed by atoms with van der Waals surface area (Å²) in [5.74, 6) is 0.132. The van der Waals surface area contributed by atoms with Gasteiger partial charge in [-0.1, -0.05) is 18.2 Å². The SMILES string of the molecule is CC(=O)/C=C\C(=O)NC1=Nc2ccccc2C1. The number of carbonyl (C=O) groups excluding carboxylic acids is 2. The number of para-hydroxylation sites is 1. The molecule has 0 saturated heterocycles. The van der Waals surface area contributed by atoms with Gasteiger partial charge >= 0.3 is 0 Å². The van der Waals surface area contributed by atoms with Crippen LogP contribution in [0.15, 0.2) is 41.4 Å². The molecule has 0 spiro atoms. The molecule has 0 saturated carbocycles. The molecule has 1 amide bonds. The summed E-state index contributed by atoms with van der Waals surface area (Å²) in [5.41, 5.74) is 1.98. The number of nitrogens with one attached hydrogen (secondary N) is 1. The van der Waals surface area contributed by atoms with Crippen LogP contribution in [-0.2, 0) is 16.0 Å². The molecule has 0 bridgehead atoms. The summed E-state index contributed by atoms with van der Waals surface area (Å²) < 4.78 is 0. The molecule has 0 fully saturated rings. The molecule has 4 nitrogen and oxygen atoms in total. The normalized spacial score (nSPS) is 13.4. The van der Waals surface area contributed by atoms with Crippen LogP contribution in [0.3, 0.4) is 0 Å². The van der Waals surface area contributed by atoms with E-state index < -0.39 is 0 Å². The third kappa shape index (κ3) is 2.87. The highest BCUT2D eigenvalue weighted by atomic mass is 16.1. The molecule has 0 unspecified atom stereocenters. The van der Waals surface area contributed by atoms with Crippen molar-refractivity contribution in [2.75, 3.05) is 0 Å². The molecular weight excluding hydrogens is 216 g/mol. The maximum Gasteiger partial charge on any atom is 0.249 e. The third-order valence-electron chi connectivity index (χ3n) is 2.34. The summed E-state index contributed by atoms with van der Waals surface area (Å²) in [6.07, 6.45) is 3.07. The Morgan fingerprint density at radius 3 is 2.76 bits per heavy atom. The monoisotopic (exact) mass is 228 g/mol. The van der Waals surface area contributed by atoms with Crippen molar-refractivity contribution in [3.05, 3.63) is 42.0 Å². The second-order valence-corrected chi connectivity index (χ2v) is 3.80. The van der Waals surface area contributed by atoms with Crippen LogP contribution < -0.4 is 5.32 Å². The molecule has 4 heteroatoms. The molecule has 1 heterocycles. The average molecular weight is 228 g/mol. The number of aliphatic imine (C=N–C) groups is 1. The summed E-state index contributed by atoms with van der Waals surface area (Å²) in [5, 5.41) is 2.65. The first-order valence-electron chi connectivity index (χ1n) is 5.30. The van der Waals surface area contributed by atoms with Crippen LogP contribution in [0.1, 0.15) is 12.5 Å². The number of hydrogen-bond donors (Lipinski definition) is 1. The fourth-order valence-electron chi connectivity index (χ4n) is 1.58. The van der Waals surface area contributed by atoms with E-state index in [0.29, 0.717) is 12.3 Å². The van der Waals surface area contributed by atoms with Gasteiger partial charge in [0.25, 0.3) is 0 Å². The summed E-state index contributed by atoms with van der Waals surface area (Å²) in [6.45, 7) is 1.40. The van der Waals surface area contributed by atoms with Crippen molar-refractivity contribution in [3.8, 4) is 0 Å². The van der Waals surface area contributed by atoms with Gasteiger partial charge in [0.1, 0.15) is 5.84 Å². The number of benzene rings is 1. The first-order chi connectivity index (χ1) is 8.15. The summed E-state index contributed by atoms with van der Waals surface area (Å²) in [6, 6.07) is 7.72. The number of rotatable bonds is 2. The van der Waals surface area contributed by atoms with Crippen molar-refractivity contribution in [2.45, 2.75) is 13.3 Å². The predicted octanol–water partition coefficient (Wildman–Crippen LogP) is 1.53. The quantitative estimate of drug-likeness (QED) is 0.780. The number of amides is 1. The van der Waals surface area contributed by atoms with E-state index in [1.807, 2.05) is 24.3 Å². The standard InChI is InChI=1S/C13H12N2O2/c1-9(16)6-7-13(17)15-12-8-10-4-2-3-5-11(10)14-12/h2-7H,8H2,1H3,(H,14,15,17)/b7-6-. The number of fused-ring (bicyclic) bond motifs is 1. The molecular formula is C13H12N2O2. The zero-order chi connectivity index (χ0) is 12.3. The Morgan fingerprint density at radius 1 is 1.29 bits per heavy atom. The average Bonchev–Trinajstić information content (AvgIpc) is 2.68. The minimum absolute atomic E-state index is 0.156. The molecule has 0 atom stereocenters. The smallest absolute Gasteiger partial charge is 0.249 e. The molecule has 1 aromatic carbocycles. The zero-order valence-electron chi connectivity index (χ0n) is 9.43. The molecule has 0 radical (unpaired) electrons. The largest absolute Gasteiger partial charge is 0.310 e. The number of nitrogens with zero attached hydrogens (tertiary/aromatic N) is 1. The van der Waals surface area contributed by atoms with Crippen LogP contribution >= 0.6 is 0 Å². The fourth-order valence-corrected chi connectivity index (χ4v) is 1.58. The van der Waals surface area contributed by atoms with Crippen molar-refractivity contribution < 1.29 is 9.59 Å². The second kappa shape index (κ2) is 4.74. The lowest BCUT2D eigenvalue weighted by atomic mass is 10.1. The number of ketones is 1. The second-order valence-electron chi connectivity index (χ2n) is 3.80. The third-order valence-corrected chi connectivity index (χ3v) is 2.34. The van der Waals surface area contributed by atoms with Gasteiger partial charge in [-0.2, -0.15) is 0 Å². The summed E-state index contributed by atoms with van der Waals surface area (Å²) >= 11 is 0.